The summed E-state index contributed by atoms with van der Waals surface area (Å²) in [6.45, 7) is 0.703. The second-order valence-corrected chi connectivity index (χ2v) is 4.47. The van der Waals surface area contributed by atoms with Crippen molar-refractivity contribution in [1.82, 2.24) is 4.98 Å². The van der Waals surface area contributed by atoms with Crippen LogP contribution >= 0.6 is 15.9 Å². The van der Waals surface area contributed by atoms with Gasteiger partial charge in [-0.25, -0.2) is 0 Å². The highest BCUT2D eigenvalue weighted by molar-refractivity contribution is 9.10. The molecule has 0 saturated heterocycles. The number of rotatable bonds is 4. The number of hydrogen-bond donors (Lipinski definition) is 1. The third-order valence-corrected chi connectivity index (χ3v) is 2.88. The van der Waals surface area contributed by atoms with Crippen molar-refractivity contribution in [3.8, 4) is 5.75 Å². The van der Waals surface area contributed by atoms with Crippen LogP contribution in [0.25, 0.3) is 0 Å². The van der Waals surface area contributed by atoms with Gasteiger partial charge in [-0.1, -0.05) is 15.9 Å². The fraction of sp³-hybridized carbons (Fsp3) is 0.154. The molecular weight excluding hydrogens is 280 g/mol. The molecule has 17 heavy (non-hydrogen) atoms. The van der Waals surface area contributed by atoms with Gasteiger partial charge >= 0.3 is 0 Å². The van der Waals surface area contributed by atoms with Crippen LogP contribution in [0, 0.1) is 0 Å². The largest absolute Gasteiger partial charge is 0.496 e. The molecule has 0 aliphatic rings. The number of nitrogens with one attached hydrogen (secondary N) is 1. The topological polar surface area (TPSA) is 34.1 Å². The third kappa shape index (κ3) is 3.20. The fourth-order valence-corrected chi connectivity index (χ4v) is 1.96. The van der Waals surface area contributed by atoms with Gasteiger partial charge < -0.3 is 10.1 Å². The van der Waals surface area contributed by atoms with Crippen molar-refractivity contribution in [3.05, 3.63) is 52.8 Å². The highest BCUT2D eigenvalue weighted by Crippen LogP contribution is 2.23. The Morgan fingerprint density at radius 2 is 2.24 bits per heavy atom. The molecule has 0 saturated carbocycles. The van der Waals surface area contributed by atoms with Gasteiger partial charge in [0.25, 0.3) is 0 Å². The summed E-state index contributed by atoms with van der Waals surface area (Å²) in [4.78, 5) is 4.05. The van der Waals surface area contributed by atoms with E-state index in [4.69, 9.17) is 4.74 Å². The Morgan fingerprint density at radius 3 is 2.94 bits per heavy atom. The number of halogens is 1. The molecule has 2 aromatic rings. The van der Waals surface area contributed by atoms with Gasteiger partial charge in [-0.2, -0.15) is 0 Å². The first kappa shape index (κ1) is 11.9. The lowest BCUT2D eigenvalue weighted by Gasteiger charge is -2.10. The number of anilines is 1. The molecule has 2 rings (SSSR count). The van der Waals surface area contributed by atoms with Gasteiger partial charge in [0, 0.05) is 29.0 Å². The summed E-state index contributed by atoms with van der Waals surface area (Å²) in [5.41, 5.74) is 2.10. The SMILES string of the molecule is COc1ccc(Br)cc1CNc1cccnc1. The van der Waals surface area contributed by atoms with E-state index in [0.29, 0.717) is 6.54 Å². The Bertz CT molecular complexity index is 488. The van der Waals surface area contributed by atoms with Crippen LogP contribution < -0.4 is 10.1 Å². The first-order valence-corrected chi connectivity index (χ1v) is 6.05. The highest BCUT2D eigenvalue weighted by atomic mass is 79.9. The monoisotopic (exact) mass is 292 g/mol. The number of methoxy groups -OCH3 is 1. The van der Waals surface area contributed by atoms with Crippen molar-refractivity contribution in [2.75, 3.05) is 12.4 Å². The summed E-state index contributed by atoms with van der Waals surface area (Å²) in [7, 11) is 1.68. The average molecular weight is 293 g/mol. The minimum Gasteiger partial charge on any atom is -0.496 e. The van der Waals surface area contributed by atoms with Gasteiger partial charge in [0.2, 0.25) is 0 Å². The molecule has 3 nitrogen and oxygen atoms in total. The smallest absolute Gasteiger partial charge is 0.123 e. The fourth-order valence-electron chi connectivity index (χ4n) is 1.55. The molecule has 0 unspecified atom stereocenters. The van der Waals surface area contributed by atoms with Crippen LogP contribution in [0.3, 0.4) is 0 Å². The third-order valence-electron chi connectivity index (χ3n) is 2.39. The molecule has 1 N–H and O–H groups in total. The molecule has 1 aromatic heterocycles. The van der Waals surface area contributed by atoms with Gasteiger partial charge in [-0.3, -0.25) is 4.98 Å². The Kier molecular flexibility index (Phi) is 3.98. The Hall–Kier alpha value is -1.55. The normalized spacial score (nSPS) is 10.0. The number of nitrogens with zero attached hydrogens (tertiary/aromatic N) is 1. The van der Waals surface area contributed by atoms with Gasteiger partial charge in [0.15, 0.2) is 0 Å². The molecule has 0 aliphatic heterocycles. The predicted octanol–water partition coefficient (Wildman–Crippen LogP) is 3.46. The van der Waals surface area contributed by atoms with E-state index >= 15 is 0 Å². The van der Waals surface area contributed by atoms with E-state index in [2.05, 4.69) is 26.2 Å². The van der Waals surface area contributed by atoms with Gasteiger partial charge in [-0.15, -0.1) is 0 Å². The average Bonchev–Trinajstić information content (AvgIpc) is 2.38. The highest BCUT2D eigenvalue weighted by Gasteiger charge is 2.03. The van der Waals surface area contributed by atoms with E-state index in [1.807, 2.05) is 30.3 Å². The second-order valence-electron chi connectivity index (χ2n) is 3.55. The molecule has 0 spiro atoms. The predicted molar refractivity (Wildman–Crippen MR) is 72.3 cm³/mol. The number of benzene rings is 1. The van der Waals surface area contributed by atoms with E-state index < -0.39 is 0 Å². The van der Waals surface area contributed by atoms with E-state index in [0.717, 1.165) is 21.5 Å². The molecule has 0 radical (unpaired) electrons. The molecule has 4 heteroatoms. The lowest BCUT2D eigenvalue weighted by atomic mass is 10.2. The summed E-state index contributed by atoms with van der Waals surface area (Å²) < 4.78 is 6.36. The van der Waals surface area contributed by atoms with Crippen molar-refractivity contribution >= 4 is 21.6 Å². The van der Waals surface area contributed by atoms with E-state index in [1.165, 1.54) is 0 Å². The summed E-state index contributed by atoms with van der Waals surface area (Å²) in [5.74, 6) is 0.879. The summed E-state index contributed by atoms with van der Waals surface area (Å²) in [6.07, 6.45) is 3.55. The van der Waals surface area contributed by atoms with Crippen molar-refractivity contribution < 1.29 is 4.74 Å². The maximum atomic E-state index is 5.31. The molecule has 88 valence electrons. The zero-order valence-electron chi connectivity index (χ0n) is 9.48. The summed E-state index contributed by atoms with van der Waals surface area (Å²) in [6, 6.07) is 9.84. The van der Waals surface area contributed by atoms with Crippen LogP contribution in [0.5, 0.6) is 5.75 Å². The molecular formula is C13H13BrN2O. The van der Waals surface area contributed by atoms with Crippen molar-refractivity contribution in [2.24, 2.45) is 0 Å². The van der Waals surface area contributed by atoms with Crippen LogP contribution in [-0.4, -0.2) is 12.1 Å². The lowest BCUT2D eigenvalue weighted by molar-refractivity contribution is 0.410. The zero-order valence-corrected chi connectivity index (χ0v) is 11.1. The molecule has 0 amide bonds. The van der Waals surface area contributed by atoms with Crippen LogP contribution in [0.1, 0.15) is 5.56 Å². The first-order chi connectivity index (χ1) is 8.29. The Labute approximate surface area is 109 Å². The Balaban J connectivity index is 2.11. The number of pyridine rings is 1. The minimum absolute atomic E-state index is 0.703. The van der Waals surface area contributed by atoms with Crippen LogP contribution in [0.4, 0.5) is 5.69 Å². The standard InChI is InChI=1S/C13H13BrN2O/c1-17-13-5-4-11(14)7-10(13)8-16-12-3-2-6-15-9-12/h2-7,9,16H,8H2,1H3. The summed E-state index contributed by atoms with van der Waals surface area (Å²) in [5, 5.41) is 3.30. The minimum atomic E-state index is 0.703. The van der Waals surface area contributed by atoms with Gasteiger partial charge in [0.1, 0.15) is 5.75 Å². The molecule has 0 bridgehead atoms. The van der Waals surface area contributed by atoms with Crippen LogP contribution in [-0.2, 0) is 6.54 Å². The second kappa shape index (κ2) is 5.68. The maximum Gasteiger partial charge on any atom is 0.123 e. The molecule has 0 atom stereocenters. The first-order valence-electron chi connectivity index (χ1n) is 5.26. The zero-order chi connectivity index (χ0) is 12.1. The molecule has 1 aromatic carbocycles. The van der Waals surface area contributed by atoms with E-state index in [-0.39, 0.29) is 0 Å². The van der Waals surface area contributed by atoms with Crippen molar-refractivity contribution in [2.45, 2.75) is 6.54 Å². The van der Waals surface area contributed by atoms with E-state index in [1.54, 1.807) is 19.5 Å². The molecule has 1 heterocycles. The van der Waals surface area contributed by atoms with Crippen LogP contribution in [0.2, 0.25) is 0 Å². The van der Waals surface area contributed by atoms with Crippen molar-refractivity contribution in [1.29, 1.82) is 0 Å². The summed E-state index contributed by atoms with van der Waals surface area (Å²) >= 11 is 3.46. The number of hydrogen-bond acceptors (Lipinski definition) is 3. The molecule has 0 aliphatic carbocycles. The van der Waals surface area contributed by atoms with E-state index in [9.17, 15) is 0 Å². The van der Waals surface area contributed by atoms with Gasteiger partial charge in [-0.05, 0) is 30.3 Å². The van der Waals surface area contributed by atoms with Gasteiger partial charge in [0.05, 0.1) is 12.8 Å². The Morgan fingerprint density at radius 1 is 1.35 bits per heavy atom. The molecule has 0 fully saturated rings. The number of ether oxygens (including phenoxy) is 1. The quantitative estimate of drug-likeness (QED) is 0.937. The maximum absolute atomic E-state index is 5.31. The number of aromatic nitrogens is 1. The van der Waals surface area contributed by atoms with Crippen molar-refractivity contribution in [3.63, 3.8) is 0 Å². The lowest BCUT2D eigenvalue weighted by Crippen LogP contribution is -2.01. The van der Waals surface area contributed by atoms with Crippen LogP contribution in [0.15, 0.2) is 47.2 Å².